The van der Waals surface area contributed by atoms with Gasteiger partial charge in [-0.1, -0.05) is 12.1 Å². The summed E-state index contributed by atoms with van der Waals surface area (Å²) in [5.74, 6) is -0.0184. The lowest BCUT2D eigenvalue weighted by molar-refractivity contribution is -0.110. The van der Waals surface area contributed by atoms with Gasteiger partial charge in [-0.25, -0.2) is 0 Å². The van der Waals surface area contributed by atoms with Gasteiger partial charge in [-0.3, -0.25) is 14.5 Å². The van der Waals surface area contributed by atoms with Crippen LogP contribution in [0.4, 0.5) is 5.69 Å². The Bertz CT molecular complexity index is 1080. The van der Waals surface area contributed by atoms with E-state index in [-0.39, 0.29) is 11.8 Å². The minimum Gasteiger partial charge on any atom is -0.379 e. The molecule has 4 heterocycles. The van der Waals surface area contributed by atoms with Crippen LogP contribution in [0, 0.1) is 13.8 Å². The summed E-state index contributed by atoms with van der Waals surface area (Å²) in [6, 6.07) is 5.87. The average Bonchev–Trinajstić information content (AvgIpc) is 3.26. The van der Waals surface area contributed by atoms with Crippen LogP contribution in [0.5, 0.6) is 0 Å². The van der Waals surface area contributed by atoms with Crippen LogP contribution in [0.25, 0.3) is 11.6 Å². The summed E-state index contributed by atoms with van der Waals surface area (Å²) < 4.78 is 5.41. The van der Waals surface area contributed by atoms with E-state index in [9.17, 15) is 9.59 Å². The monoisotopic (exact) mass is 420 g/mol. The Morgan fingerprint density at radius 1 is 1.06 bits per heavy atom. The van der Waals surface area contributed by atoms with Gasteiger partial charge in [-0.05, 0) is 37.1 Å². The molecule has 1 fully saturated rings. The molecular formula is C24H28N4O3. The maximum absolute atomic E-state index is 13.2. The minimum atomic E-state index is -0.102. The van der Waals surface area contributed by atoms with Crippen molar-refractivity contribution >= 4 is 29.2 Å². The van der Waals surface area contributed by atoms with Crippen molar-refractivity contribution in [1.82, 2.24) is 14.8 Å². The Labute approximate surface area is 182 Å². The molecule has 0 spiro atoms. The number of fused-ring (bicyclic) bond motifs is 2. The molecule has 3 aliphatic rings. The van der Waals surface area contributed by atoms with Gasteiger partial charge in [0, 0.05) is 61.8 Å². The molecule has 31 heavy (non-hydrogen) atoms. The highest BCUT2D eigenvalue weighted by Gasteiger charge is 2.31. The number of aryl methyl sites for hydroxylation is 1. The first-order valence-corrected chi connectivity index (χ1v) is 11.0. The highest BCUT2D eigenvalue weighted by atomic mass is 16.5. The first-order valence-electron chi connectivity index (χ1n) is 11.0. The Kier molecular flexibility index (Phi) is 5.16. The largest absolute Gasteiger partial charge is 0.379 e. The number of rotatable bonds is 4. The van der Waals surface area contributed by atoms with E-state index in [0.717, 1.165) is 85.1 Å². The molecule has 2 N–H and O–H groups in total. The van der Waals surface area contributed by atoms with E-state index in [2.05, 4.69) is 15.2 Å². The van der Waals surface area contributed by atoms with Crippen LogP contribution < -0.4 is 5.32 Å². The molecule has 0 atom stereocenters. The third-order valence-corrected chi connectivity index (χ3v) is 6.61. The molecular weight excluding hydrogens is 392 g/mol. The lowest BCUT2D eigenvalue weighted by atomic mass is 9.99. The maximum atomic E-state index is 13.2. The number of anilines is 1. The number of hydrogen-bond acceptors (Lipinski definition) is 4. The molecule has 7 heteroatoms. The molecule has 0 saturated carbocycles. The lowest BCUT2D eigenvalue weighted by Crippen LogP contribution is -2.45. The van der Waals surface area contributed by atoms with Crippen LogP contribution in [-0.4, -0.2) is 72.5 Å². The van der Waals surface area contributed by atoms with Gasteiger partial charge in [-0.2, -0.15) is 0 Å². The van der Waals surface area contributed by atoms with E-state index in [0.29, 0.717) is 12.1 Å². The molecule has 0 bridgehead atoms. The van der Waals surface area contributed by atoms with Crippen molar-refractivity contribution in [3.8, 4) is 0 Å². The molecule has 0 aliphatic carbocycles. The van der Waals surface area contributed by atoms with Crippen LogP contribution in [-0.2, 0) is 16.0 Å². The number of benzene rings is 1. The number of ether oxygens (including phenoxy) is 1. The Hall–Kier alpha value is -2.90. The molecule has 162 valence electrons. The van der Waals surface area contributed by atoms with E-state index in [1.165, 1.54) is 0 Å². The Morgan fingerprint density at radius 2 is 1.87 bits per heavy atom. The second-order valence-corrected chi connectivity index (χ2v) is 8.52. The van der Waals surface area contributed by atoms with Crippen molar-refractivity contribution < 1.29 is 14.3 Å². The van der Waals surface area contributed by atoms with Gasteiger partial charge in [-0.15, -0.1) is 0 Å². The summed E-state index contributed by atoms with van der Waals surface area (Å²) in [5, 5.41) is 2.94. The lowest BCUT2D eigenvalue weighted by Gasteiger charge is -2.32. The van der Waals surface area contributed by atoms with Crippen molar-refractivity contribution in [2.24, 2.45) is 0 Å². The van der Waals surface area contributed by atoms with E-state index in [1.807, 2.05) is 43.0 Å². The van der Waals surface area contributed by atoms with Crippen LogP contribution in [0.15, 0.2) is 18.2 Å². The van der Waals surface area contributed by atoms with E-state index in [1.54, 1.807) is 0 Å². The van der Waals surface area contributed by atoms with Crippen LogP contribution >= 0.6 is 0 Å². The smallest absolute Gasteiger partial charge is 0.256 e. The number of nitrogens with zero attached hydrogens (tertiary/aromatic N) is 2. The summed E-state index contributed by atoms with van der Waals surface area (Å²) in [6.07, 6.45) is 2.70. The van der Waals surface area contributed by atoms with Gasteiger partial charge in [0.1, 0.15) is 0 Å². The van der Waals surface area contributed by atoms with Crippen molar-refractivity contribution in [3.05, 3.63) is 51.8 Å². The van der Waals surface area contributed by atoms with E-state index >= 15 is 0 Å². The van der Waals surface area contributed by atoms with Gasteiger partial charge in [0.25, 0.3) is 11.8 Å². The molecule has 0 unspecified atom stereocenters. The standard InChI is InChI=1S/C24H28N4O3/c1-15-4-3-5-18-21(15)17(23(29)26-18)14-20-16(2)22-19(25-20)6-7-28(24(22)30)9-8-27-10-12-31-13-11-27/h3-5,14,25H,6-13H2,1-2H3,(H,26,29). The zero-order valence-electron chi connectivity index (χ0n) is 18.1. The van der Waals surface area contributed by atoms with E-state index in [4.69, 9.17) is 4.74 Å². The number of aromatic nitrogens is 1. The SMILES string of the molecule is Cc1cccc2c1C(=Cc1[nH]c3c(c1C)C(=O)N(CCN1CCOCC1)CC3)C(=O)N2. The minimum absolute atomic E-state index is 0.0837. The Balaban J connectivity index is 1.40. The molecule has 7 nitrogen and oxygen atoms in total. The van der Waals surface area contributed by atoms with Crippen molar-refractivity contribution in [2.75, 3.05) is 51.3 Å². The van der Waals surface area contributed by atoms with Gasteiger partial charge in [0.05, 0.1) is 24.4 Å². The third kappa shape index (κ3) is 3.58. The van der Waals surface area contributed by atoms with Gasteiger partial charge < -0.3 is 19.9 Å². The zero-order chi connectivity index (χ0) is 21.5. The average molecular weight is 421 g/mol. The van der Waals surface area contributed by atoms with Gasteiger partial charge in [0.2, 0.25) is 0 Å². The topological polar surface area (TPSA) is 77.7 Å². The number of carbonyl (C=O) groups is 2. The molecule has 1 aromatic heterocycles. The zero-order valence-corrected chi connectivity index (χ0v) is 18.1. The molecule has 0 radical (unpaired) electrons. The number of aromatic amines is 1. The normalized spacial score (nSPS) is 20.2. The number of carbonyl (C=O) groups excluding carboxylic acids is 2. The molecule has 2 aromatic rings. The molecule has 1 saturated heterocycles. The highest BCUT2D eigenvalue weighted by molar-refractivity contribution is 6.35. The van der Waals surface area contributed by atoms with E-state index < -0.39 is 0 Å². The Morgan fingerprint density at radius 3 is 2.68 bits per heavy atom. The summed E-state index contributed by atoms with van der Waals surface area (Å²) >= 11 is 0. The summed E-state index contributed by atoms with van der Waals surface area (Å²) in [5.41, 5.74) is 6.98. The number of nitrogens with one attached hydrogen (secondary N) is 2. The number of amides is 2. The molecule has 3 aliphatic heterocycles. The number of morpholine rings is 1. The van der Waals surface area contributed by atoms with Crippen molar-refractivity contribution in [3.63, 3.8) is 0 Å². The van der Waals surface area contributed by atoms with Crippen molar-refractivity contribution in [2.45, 2.75) is 20.3 Å². The fourth-order valence-electron chi connectivity index (χ4n) is 4.82. The predicted octanol–water partition coefficient (Wildman–Crippen LogP) is 2.45. The van der Waals surface area contributed by atoms with Gasteiger partial charge >= 0.3 is 0 Å². The third-order valence-electron chi connectivity index (χ3n) is 6.61. The van der Waals surface area contributed by atoms with Gasteiger partial charge in [0.15, 0.2) is 0 Å². The number of hydrogen-bond donors (Lipinski definition) is 2. The highest BCUT2D eigenvalue weighted by Crippen LogP contribution is 2.36. The quantitative estimate of drug-likeness (QED) is 0.745. The van der Waals surface area contributed by atoms with Crippen LogP contribution in [0.2, 0.25) is 0 Å². The fraction of sp³-hybridized carbons (Fsp3) is 0.417. The predicted molar refractivity (Wildman–Crippen MR) is 120 cm³/mol. The first-order chi connectivity index (χ1) is 15.0. The molecule has 5 rings (SSSR count). The summed E-state index contributed by atoms with van der Waals surface area (Å²) in [4.78, 5) is 33.6. The molecule has 2 amide bonds. The summed E-state index contributed by atoms with van der Waals surface area (Å²) in [6.45, 7) is 9.69. The van der Waals surface area contributed by atoms with Crippen molar-refractivity contribution in [1.29, 1.82) is 0 Å². The summed E-state index contributed by atoms with van der Waals surface area (Å²) in [7, 11) is 0. The first kappa shape index (κ1) is 20.0. The maximum Gasteiger partial charge on any atom is 0.256 e. The second-order valence-electron chi connectivity index (χ2n) is 8.52. The molecule has 1 aromatic carbocycles. The fourth-order valence-corrected chi connectivity index (χ4v) is 4.82. The van der Waals surface area contributed by atoms with Crippen LogP contribution in [0.1, 0.15) is 38.4 Å². The number of H-pyrrole nitrogens is 1. The van der Waals surface area contributed by atoms with Crippen LogP contribution in [0.3, 0.4) is 0 Å². The second kappa shape index (κ2) is 7.98.